The molecule has 5 nitrogen and oxygen atoms in total. The molecule has 2 aromatic carbocycles. The SMILES string of the molecule is [B]c1ccc2c3c(cccc13)N(C1CCC(=O)NC1=O)C=N2. The van der Waals surface area contributed by atoms with Crippen molar-refractivity contribution in [2.24, 2.45) is 4.99 Å². The molecule has 2 amide bonds. The van der Waals surface area contributed by atoms with Crippen LogP contribution in [0.3, 0.4) is 0 Å². The second kappa shape index (κ2) is 4.69. The molecule has 2 aliphatic heterocycles. The smallest absolute Gasteiger partial charge is 0.249 e. The van der Waals surface area contributed by atoms with Gasteiger partial charge < -0.3 is 4.90 Å². The number of amides is 2. The lowest BCUT2D eigenvalue weighted by Crippen LogP contribution is -2.52. The second-order valence-electron chi connectivity index (χ2n) is 5.49. The molecule has 1 atom stereocenters. The summed E-state index contributed by atoms with van der Waals surface area (Å²) in [5.41, 5.74) is 2.41. The molecule has 106 valence electrons. The van der Waals surface area contributed by atoms with Crippen LogP contribution in [0.5, 0.6) is 0 Å². The molecule has 0 spiro atoms. The van der Waals surface area contributed by atoms with E-state index >= 15 is 0 Å². The van der Waals surface area contributed by atoms with Gasteiger partial charge in [0.2, 0.25) is 11.8 Å². The zero-order chi connectivity index (χ0) is 15.3. The largest absolute Gasteiger partial charge is 0.319 e. The zero-order valence-electron chi connectivity index (χ0n) is 11.7. The van der Waals surface area contributed by atoms with E-state index < -0.39 is 6.04 Å². The number of nitrogens with zero attached hydrogens (tertiary/aromatic N) is 2. The molecule has 1 fully saturated rings. The van der Waals surface area contributed by atoms with E-state index in [9.17, 15) is 9.59 Å². The van der Waals surface area contributed by atoms with Crippen molar-refractivity contribution in [2.45, 2.75) is 18.9 Å². The van der Waals surface area contributed by atoms with Gasteiger partial charge in [-0.05, 0) is 23.9 Å². The second-order valence-corrected chi connectivity index (χ2v) is 5.49. The molecule has 4 rings (SSSR count). The first-order valence-corrected chi connectivity index (χ1v) is 7.12. The van der Waals surface area contributed by atoms with E-state index in [1.807, 2.05) is 35.2 Å². The molecule has 0 saturated carbocycles. The van der Waals surface area contributed by atoms with Crippen LogP contribution >= 0.6 is 0 Å². The van der Waals surface area contributed by atoms with Gasteiger partial charge in [0.15, 0.2) is 0 Å². The Kier molecular flexibility index (Phi) is 2.79. The Hall–Kier alpha value is -2.63. The summed E-state index contributed by atoms with van der Waals surface area (Å²) in [6, 6.07) is 9.08. The van der Waals surface area contributed by atoms with E-state index in [0.717, 1.165) is 22.1 Å². The van der Waals surface area contributed by atoms with Gasteiger partial charge >= 0.3 is 0 Å². The molecule has 2 aromatic rings. The summed E-state index contributed by atoms with van der Waals surface area (Å²) >= 11 is 0. The van der Waals surface area contributed by atoms with Crippen LogP contribution in [0.15, 0.2) is 35.3 Å². The van der Waals surface area contributed by atoms with Crippen molar-refractivity contribution in [1.82, 2.24) is 5.32 Å². The normalized spacial score (nSPS) is 20.4. The predicted molar refractivity (Wildman–Crippen MR) is 86.1 cm³/mol. The molecule has 6 heteroatoms. The summed E-state index contributed by atoms with van der Waals surface area (Å²) in [5.74, 6) is -0.509. The average molecular weight is 289 g/mol. The van der Waals surface area contributed by atoms with Crippen LogP contribution in [0.2, 0.25) is 0 Å². The van der Waals surface area contributed by atoms with Crippen LogP contribution in [0.1, 0.15) is 12.8 Å². The number of anilines is 1. The maximum absolute atomic E-state index is 12.1. The van der Waals surface area contributed by atoms with Gasteiger partial charge in [0.1, 0.15) is 13.9 Å². The number of hydrogen-bond acceptors (Lipinski definition) is 4. The number of carbonyl (C=O) groups is 2. The average Bonchev–Trinajstić information content (AvgIpc) is 2.52. The fourth-order valence-electron chi connectivity index (χ4n) is 3.10. The van der Waals surface area contributed by atoms with Gasteiger partial charge in [-0.2, -0.15) is 0 Å². The highest BCUT2D eigenvalue weighted by molar-refractivity contribution is 6.40. The van der Waals surface area contributed by atoms with Gasteiger partial charge in [0, 0.05) is 11.8 Å². The van der Waals surface area contributed by atoms with Crippen LogP contribution in [0.25, 0.3) is 10.8 Å². The summed E-state index contributed by atoms with van der Waals surface area (Å²) in [6.45, 7) is 0. The van der Waals surface area contributed by atoms with Gasteiger partial charge in [-0.3, -0.25) is 14.9 Å². The maximum Gasteiger partial charge on any atom is 0.249 e. The lowest BCUT2D eigenvalue weighted by Gasteiger charge is -2.34. The summed E-state index contributed by atoms with van der Waals surface area (Å²) < 4.78 is 0. The van der Waals surface area contributed by atoms with E-state index in [2.05, 4.69) is 10.3 Å². The van der Waals surface area contributed by atoms with Crippen LogP contribution < -0.4 is 15.7 Å². The number of benzene rings is 2. The fraction of sp³-hybridized carbons (Fsp3) is 0.188. The molecule has 0 bridgehead atoms. The minimum Gasteiger partial charge on any atom is -0.319 e. The van der Waals surface area contributed by atoms with E-state index in [0.29, 0.717) is 18.3 Å². The highest BCUT2D eigenvalue weighted by atomic mass is 16.2. The van der Waals surface area contributed by atoms with Crippen LogP contribution in [0.4, 0.5) is 11.4 Å². The molecule has 0 aliphatic carbocycles. The van der Waals surface area contributed by atoms with Gasteiger partial charge in [-0.15, -0.1) is 0 Å². The molecular weight excluding hydrogens is 277 g/mol. The van der Waals surface area contributed by atoms with E-state index in [-0.39, 0.29) is 11.8 Å². The topological polar surface area (TPSA) is 61.8 Å². The number of hydrogen-bond donors (Lipinski definition) is 1. The highest BCUT2D eigenvalue weighted by Crippen LogP contribution is 2.37. The third kappa shape index (κ3) is 1.84. The zero-order valence-corrected chi connectivity index (χ0v) is 11.7. The fourth-order valence-corrected chi connectivity index (χ4v) is 3.10. The van der Waals surface area contributed by atoms with Gasteiger partial charge in [0.05, 0.1) is 17.7 Å². The Morgan fingerprint density at radius 2 is 2.09 bits per heavy atom. The molecule has 2 radical (unpaired) electrons. The molecule has 1 saturated heterocycles. The molecule has 1 N–H and O–H groups in total. The standard InChI is InChI=1S/C16H12BN3O2/c17-10-4-5-11-15-9(10)2-1-3-12(15)20(8-18-11)13-6-7-14(21)19-16(13)22/h1-5,8,13H,6-7H2,(H,19,21,22). The Morgan fingerprint density at radius 1 is 1.23 bits per heavy atom. The van der Waals surface area contributed by atoms with Gasteiger partial charge in [-0.25, -0.2) is 4.99 Å². The Labute approximate surface area is 128 Å². The minimum absolute atomic E-state index is 0.224. The maximum atomic E-state index is 12.1. The van der Waals surface area contributed by atoms with Crippen molar-refractivity contribution >= 4 is 53.6 Å². The quantitative estimate of drug-likeness (QED) is 0.627. The summed E-state index contributed by atoms with van der Waals surface area (Å²) in [6.07, 6.45) is 2.47. The first-order chi connectivity index (χ1) is 10.6. The van der Waals surface area contributed by atoms with Crippen LogP contribution in [0, 0.1) is 0 Å². The van der Waals surface area contributed by atoms with Crippen molar-refractivity contribution in [3.8, 4) is 0 Å². The van der Waals surface area contributed by atoms with Gasteiger partial charge in [-0.1, -0.05) is 23.7 Å². The van der Waals surface area contributed by atoms with E-state index in [1.54, 1.807) is 6.34 Å². The van der Waals surface area contributed by atoms with E-state index in [4.69, 9.17) is 7.85 Å². The molecular formula is C16H12BN3O2. The number of aliphatic imine (C=N–C) groups is 1. The molecule has 22 heavy (non-hydrogen) atoms. The first-order valence-electron chi connectivity index (χ1n) is 7.12. The Bertz CT molecular complexity index is 847. The number of imide groups is 1. The molecule has 1 unspecified atom stereocenters. The number of rotatable bonds is 1. The van der Waals surface area contributed by atoms with Gasteiger partial charge in [0.25, 0.3) is 0 Å². The summed E-state index contributed by atoms with van der Waals surface area (Å²) in [5, 5.41) is 4.25. The molecule has 0 aromatic heterocycles. The lowest BCUT2D eigenvalue weighted by atomic mass is 9.88. The summed E-state index contributed by atoms with van der Waals surface area (Å²) in [4.78, 5) is 29.7. The molecule has 2 aliphatic rings. The van der Waals surface area contributed by atoms with Crippen molar-refractivity contribution < 1.29 is 9.59 Å². The Balaban J connectivity index is 1.86. The van der Waals surface area contributed by atoms with Crippen LogP contribution in [-0.2, 0) is 9.59 Å². The van der Waals surface area contributed by atoms with Crippen molar-refractivity contribution in [2.75, 3.05) is 4.90 Å². The first kappa shape index (κ1) is 13.1. The van der Waals surface area contributed by atoms with Crippen molar-refractivity contribution in [3.05, 3.63) is 30.3 Å². The number of nitrogens with one attached hydrogen (secondary N) is 1. The summed E-state index contributed by atoms with van der Waals surface area (Å²) in [7, 11) is 6.05. The number of piperidine rings is 1. The monoisotopic (exact) mass is 289 g/mol. The highest BCUT2D eigenvalue weighted by Gasteiger charge is 2.33. The third-order valence-electron chi connectivity index (χ3n) is 4.18. The molecule has 2 heterocycles. The van der Waals surface area contributed by atoms with Crippen molar-refractivity contribution in [1.29, 1.82) is 0 Å². The Morgan fingerprint density at radius 3 is 2.91 bits per heavy atom. The predicted octanol–water partition coefficient (Wildman–Crippen LogP) is 0.919. The van der Waals surface area contributed by atoms with Crippen molar-refractivity contribution in [3.63, 3.8) is 0 Å². The van der Waals surface area contributed by atoms with E-state index in [1.165, 1.54) is 0 Å². The third-order valence-corrected chi connectivity index (χ3v) is 4.18. The van der Waals surface area contributed by atoms with Crippen LogP contribution in [-0.4, -0.2) is 32.0 Å². The number of carbonyl (C=O) groups excluding carboxylic acids is 2. The lowest BCUT2D eigenvalue weighted by molar-refractivity contribution is -0.133. The minimum atomic E-state index is -0.429.